The summed E-state index contributed by atoms with van der Waals surface area (Å²) >= 11 is 1.41. The molecule has 0 radical (unpaired) electrons. The van der Waals surface area contributed by atoms with Crippen LogP contribution in [0.25, 0.3) is 0 Å². The maximum atomic E-state index is 12.6. The molecule has 0 aliphatic heterocycles. The zero-order chi connectivity index (χ0) is 14.1. The third kappa shape index (κ3) is 3.45. The average molecular weight is 293 g/mol. The van der Waals surface area contributed by atoms with Gasteiger partial charge in [0.25, 0.3) is 0 Å². The van der Waals surface area contributed by atoms with Crippen molar-refractivity contribution in [2.75, 3.05) is 0 Å². The summed E-state index contributed by atoms with van der Waals surface area (Å²) in [6, 6.07) is 8.26. The van der Waals surface area contributed by atoms with E-state index in [-0.39, 0.29) is 5.41 Å². The van der Waals surface area contributed by atoms with Gasteiger partial charge in [0.15, 0.2) is 4.34 Å². The minimum atomic E-state index is -2.32. The molecule has 102 valence electrons. The molecule has 1 unspecified atom stereocenters. The van der Waals surface area contributed by atoms with E-state index >= 15 is 0 Å². The predicted octanol–water partition coefficient (Wildman–Crippen LogP) is 3.72. The molecule has 0 saturated heterocycles. The summed E-state index contributed by atoms with van der Waals surface area (Å²) in [6.07, 6.45) is 1.68. The van der Waals surface area contributed by atoms with E-state index in [1.165, 1.54) is 16.9 Å². The summed E-state index contributed by atoms with van der Waals surface area (Å²) in [4.78, 5) is 4.14. The standard InChI is InChI=1S/C15H19NOS2/c1-15(2,3)13-7-5-6-12(10-13)11-19(4,17)14-16-8-9-18-14/h5-10H,4,11H2,1-3H3. The summed E-state index contributed by atoms with van der Waals surface area (Å²) in [5, 5.41) is 1.84. The molecule has 1 aromatic heterocycles. The van der Waals surface area contributed by atoms with Gasteiger partial charge in [0.05, 0.1) is 0 Å². The highest BCUT2D eigenvalue weighted by Crippen LogP contribution is 2.25. The Balaban J connectivity index is 2.30. The molecule has 2 rings (SSSR count). The van der Waals surface area contributed by atoms with Crippen molar-refractivity contribution in [2.45, 2.75) is 36.3 Å². The van der Waals surface area contributed by atoms with Gasteiger partial charge in [0, 0.05) is 26.9 Å². The van der Waals surface area contributed by atoms with E-state index in [0.717, 1.165) is 5.56 Å². The van der Waals surface area contributed by atoms with Gasteiger partial charge >= 0.3 is 0 Å². The van der Waals surface area contributed by atoms with Crippen molar-refractivity contribution in [1.82, 2.24) is 4.98 Å². The van der Waals surface area contributed by atoms with Gasteiger partial charge in [-0.3, -0.25) is 4.21 Å². The van der Waals surface area contributed by atoms with Gasteiger partial charge in [-0.15, -0.1) is 11.3 Å². The summed E-state index contributed by atoms with van der Waals surface area (Å²) in [7, 11) is -2.32. The molecular weight excluding hydrogens is 274 g/mol. The first-order valence-electron chi connectivity index (χ1n) is 6.13. The Hall–Kier alpha value is -1.13. The van der Waals surface area contributed by atoms with Gasteiger partial charge in [-0.25, -0.2) is 4.98 Å². The SMILES string of the molecule is C=S(=O)(Cc1cccc(C(C)(C)C)c1)c1nccs1. The van der Waals surface area contributed by atoms with Crippen LogP contribution in [-0.2, 0) is 20.7 Å². The second-order valence-corrected chi connectivity index (χ2v) is 9.16. The van der Waals surface area contributed by atoms with Crippen LogP contribution in [0.2, 0.25) is 0 Å². The first-order valence-corrected chi connectivity index (χ1v) is 8.90. The zero-order valence-electron chi connectivity index (χ0n) is 11.6. The maximum absolute atomic E-state index is 12.6. The summed E-state index contributed by atoms with van der Waals surface area (Å²) in [5.41, 5.74) is 2.40. The van der Waals surface area contributed by atoms with E-state index in [1.807, 2.05) is 17.5 Å². The first kappa shape index (κ1) is 14.3. The normalized spacial score (nSPS) is 15.1. The predicted molar refractivity (Wildman–Crippen MR) is 84.5 cm³/mol. The van der Waals surface area contributed by atoms with Crippen LogP contribution in [0.3, 0.4) is 0 Å². The number of thiazole rings is 1. The van der Waals surface area contributed by atoms with Gasteiger partial charge in [0.1, 0.15) is 0 Å². The second kappa shape index (κ2) is 5.10. The highest BCUT2D eigenvalue weighted by Gasteiger charge is 2.16. The highest BCUT2D eigenvalue weighted by molar-refractivity contribution is 8.01. The molecule has 4 heteroatoms. The van der Waals surface area contributed by atoms with E-state index in [0.29, 0.717) is 10.1 Å². The minimum Gasteiger partial charge on any atom is -0.261 e. The van der Waals surface area contributed by atoms with Crippen LogP contribution in [-0.4, -0.2) is 15.1 Å². The lowest BCUT2D eigenvalue weighted by atomic mass is 9.86. The number of hydrogen-bond acceptors (Lipinski definition) is 3. The number of rotatable bonds is 3. The van der Waals surface area contributed by atoms with Crippen LogP contribution < -0.4 is 0 Å². The number of hydrogen-bond donors (Lipinski definition) is 0. The third-order valence-electron chi connectivity index (χ3n) is 2.92. The minimum absolute atomic E-state index is 0.0965. The quantitative estimate of drug-likeness (QED) is 0.807. The monoisotopic (exact) mass is 293 g/mol. The molecular formula is C15H19NOS2. The number of benzene rings is 1. The molecule has 2 aromatic rings. The zero-order valence-corrected chi connectivity index (χ0v) is 13.2. The van der Waals surface area contributed by atoms with Crippen LogP contribution in [0.5, 0.6) is 0 Å². The lowest BCUT2D eigenvalue weighted by Gasteiger charge is -2.20. The van der Waals surface area contributed by atoms with Crippen molar-refractivity contribution in [2.24, 2.45) is 0 Å². The van der Waals surface area contributed by atoms with Crippen molar-refractivity contribution in [3.63, 3.8) is 0 Å². The van der Waals surface area contributed by atoms with Crippen molar-refractivity contribution in [1.29, 1.82) is 0 Å². The van der Waals surface area contributed by atoms with E-state index < -0.39 is 9.52 Å². The summed E-state index contributed by atoms with van der Waals surface area (Å²) in [5.74, 6) is 4.32. The molecule has 0 aliphatic rings. The van der Waals surface area contributed by atoms with Crippen molar-refractivity contribution in [3.8, 4) is 0 Å². The summed E-state index contributed by atoms with van der Waals surface area (Å²) < 4.78 is 13.2. The fourth-order valence-electron chi connectivity index (χ4n) is 1.85. The molecule has 19 heavy (non-hydrogen) atoms. The van der Waals surface area contributed by atoms with Crippen molar-refractivity contribution < 1.29 is 4.21 Å². The number of aromatic nitrogens is 1. The van der Waals surface area contributed by atoms with Gasteiger partial charge in [0.2, 0.25) is 0 Å². The van der Waals surface area contributed by atoms with Crippen LogP contribution in [0.1, 0.15) is 31.9 Å². The molecule has 2 nitrogen and oxygen atoms in total. The molecule has 0 spiro atoms. The Morgan fingerprint density at radius 1 is 1.37 bits per heavy atom. The van der Waals surface area contributed by atoms with Crippen molar-refractivity contribution >= 4 is 26.7 Å². The Kier molecular flexibility index (Phi) is 3.83. The van der Waals surface area contributed by atoms with Crippen LogP contribution in [0, 0.1) is 0 Å². The molecule has 0 fully saturated rings. The van der Waals surface area contributed by atoms with Gasteiger partial charge in [-0.05, 0) is 22.4 Å². The molecule has 1 atom stereocenters. The van der Waals surface area contributed by atoms with Crippen LogP contribution in [0.4, 0.5) is 0 Å². The van der Waals surface area contributed by atoms with E-state index in [9.17, 15) is 4.21 Å². The van der Waals surface area contributed by atoms with Crippen molar-refractivity contribution in [3.05, 3.63) is 47.0 Å². The van der Waals surface area contributed by atoms with Crippen LogP contribution >= 0.6 is 11.3 Å². The Bertz CT molecular complexity index is 650. The summed E-state index contributed by atoms with van der Waals surface area (Å²) in [6.45, 7) is 6.53. The molecule has 0 saturated carbocycles. The van der Waals surface area contributed by atoms with Gasteiger partial charge in [-0.1, -0.05) is 45.0 Å². The van der Waals surface area contributed by atoms with Gasteiger partial charge < -0.3 is 0 Å². The third-order valence-corrected chi connectivity index (χ3v) is 6.23. The van der Waals surface area contributed by atoms with E-state index in [2.05, 4.69) is 43.8 Å². The fraction of sp³-hybridized carbons (Fsp3) is 0.333. The topological polar surface area (TPSA) is 30.0 Å². The number of nitrogens with zero attached hydrogens (tertiary/aromatic N) is 1. The first-order chi connectivity index (χ1) is 8.79. The Morgan fingerprint density at radius 3 is 2.68 bits per heavy atom. The molecule has 0 bridgehead atoms. The lowest BCUT2D eigenvalue weighted by molar-refractivity contribution is 0.589. The maximum Gasteiger partial charge on any atom is 0.172 e. The second-order valence-electron chi connectivity index (χ2n) is 5.70. The fourth-order valence-corrected chi connectivity index (χ4v) is 4.35. The molecule has 0 amide bonds. The van der Waals surface area contributed by atoms with Gasteiger partial charge in [-0.2, -0.15) is 0 Å². The molecule has 1 heterocycles. The molecule has 0 N–H and O–H groups in total. The van der Waals surface area contributed by atoms with Crippen LogP contribution in [0.15, 0.2) is 40.2 Å². The molecule has 0 aliphatic carbocycles. The largest absolute Gasteiger partial charge is 0.261 e. The lowest BCUT2D eigenvalue weighted by Crippen LogP contribution is -2.12. The van der Waals surface area contributed by atoms with E-state index in [1.54, 1.807) is 6.20 Å². The van der Waals surface area contributed by atoms with E-state index in [4.69, 9.17) is 0 Å². The molecule has 1 aromatic carbocycles. The Labute approximate surface area is 119 Å². The smallest absolute Gasteiger partial charge is 0.172 e. The Morgan fingerprint density at radius 2 is 2.11 bits per heavy atom. The highest BCUT2D eigenvalue weighted by atomic mass is 32.2. The average Bonchev–Trinajstić information content (AvgIpc) is 2.81.